The molecule has 0 aliphatic rings. The van der Waals surface area contributed by atoms with Gasteiger partial charge in [-0.1, -0.05) is 48.5 Å². The molecule has 1 aromatic heterocycles. The molecular weight excluding hydrogens is 378 g/mol. The van der Waals surface area contributed by atoms with Crippen LogP contribution in [-0.4, -0.2) is 29.7 Å². The van der Waals surface area contributed by atoms with Gasteiger partial charge in [0, 0.05) is 25.4 Å². The average Bonchev–Trinajstić information content (AvgIpc) is 2.70. The number of benzene rings is 2. The van der Waals surface area contributed by atoms with E-state index in [-0.39, 0.29) is 11.4 Å². The molecule has 0 aliphatic carbocycles. The van der Waals surface area contributed by atoms with E-state index in [0.717, 1.165) is 5.56 Å². The van der Waals surface area contributed by atoms with Gasteiger partial charge in [0.1, 0.15) is 0 Å². The molecule has 3 rings (SSSR count). The summed E-state index contributed by atoms with van der Waals surface area (Å²) in [4.78, 5) is 14.6. The van der Waals surface area contributed by atoms with Crippen LogP contribution < -0.4 is 0 Å². The molecule has 0 saturated heterocycles. The summed E-state index contributed by atoms with van der Waals surface area (Å²) in [5.74, 6) is -0.266. The van der Waals surface area contributed by atoms with Gasteiger partial charge < -0.3 is 0 Å². The first kappa shape index (κ1) is 19.7. The van der Waals surface area contributed by atoms with E-state index in [1.807, 2.05) is 36.4 Å². The van der Waals surface area contributed by atoms with Crippen molar-refractivity contribution in [2.45, 2.75) is 11.8 Å². The third-order valence-electron chi connectivity index (χ3n) is 4.38. The number of non-ortho nitro benzene ring substituents is 1. The fraction of sp³-hybridized carbons (Fsp3) is 0.150. The number of nitrogens with zero attached hydrogens (tertiary/aromatic N) is 3. The number of pyridine rings is 1. The van der Waals surface area contributed by atoms with E-state index in [0.29, 0.717) is 11.3 Å². The molecule has 0 radical (unpaired) electrons. The highest BCUT2D eigenvalue weighted by molar-refractivity contribution is 7.88. The van der Waals surface area contributed by atoms with E-state index in [9.17, 15) is 18.5 Å². The van der Waals surface area contributed by atoms with Crippen molar-refractivity contribution in [1.82, 2.24) is 9.29 Å². The molecule has 144 valence electrons. The lowest BCUT2D eigenvalue weighted by atomic mass is 10.0. The molecule has 1 unspecified atom stereocenters. The quantitative estimate of drug-likeness (QED) is 0.449. The first-order chi connectivity index (χ1) is 13.4. The molecule has 1 atom stereocenters. The smallest absolute Gasteiger partial charge is 0.259 e. The Morgan fingerprint density at radius 1 is 1.00 bits per heavy atom. The summed E-state index contributed by atoms with van der Waals surface area (Å²) >= 11 is 0. The molecule has 0 N–H and O–H groups in total. The predicted octanol–water partition coefficient (Wildman–Crippen LogP) is 3.54. The highest BCUT2D eigenvalue weighted by Gasteiger charge is 2.30. The van der Waals surface area contributed by atoms with Crippen LogP contribution >= 0.6 is 0 Å². The van der Waals surface area contributed by atoms with Crippen molar-refractivity contribution >= 4 is 15.7 Å². The fourth-order valence-corrected chi connectivity index (χ4v) is 4.30. The monoisotopic (exact) mass is 397 g/mol. The van der Waals surface area contributed by atoms with Crippen molar-refractivity contribution in [3.63, 3.8) is 0 Å². The van der Waals surface area contributed by atoms with Crippen LogP contribution in [-0.2, 0) is 15.8 Å². The Kier molecular flexibility index (Phi) is 5.81. The third-order valence-corrected chi connectivity index (χ3v) is 6.17. The zero-order valence-electron chi connectivity index (χ0n) is 15.2. The number of sulfonamides is 1. The Hall–Kier alpha value is -3.10. The number of nitro groups is 1. The maximum atomic E-state index is 13.1. The first-order valence-electron chi connectivity index (χ1n) is 8.53. The van der Waals surface area contributed by atoms with Gasteiger partial charge in [-0.2, -0.15) is 4.31 Å². The molecule has 0 fully saturated rings. The van der Waals surface area contributed by atoms with Gasteiger partial charge in [-0.05, 0) is 23.3 Å². The molecule has 0 saturated carbocycles. The zero-order valence-corrected chi connectivity index (χ0v) is 16.0. The maximum absolute atomic E-state index is 13.1. The molecule has 1 heterocycles. The molecule has 0 amide bonds. The van der Waals surface area contributed by atoms with E-state index in [4.69, 9.17) is 0 Å². The van der Waals surface area contributed by atoms with E-state index in [1.165, 1.54) is 35.6 Å². The minimum atomic E-state index is -3.72. The van der Waals surface area contributed by atoms with Crippen LogP contribution in [0.5, 0.6) is 0 Å². The Balaban J connectivity index is 1.93. The molecule has 0 aliphatic heterocycles. The molecule has 8 heteroatoms. The van der Waals surface area contributed by atoms with Crippen LogP contribution in [0.1, 0.15) is 22.9 Å². The van der Waals surface area contributed by atoms with Gasteiger partial charge >= 0.3 is 0 Å². The van der Waals surface area contributed by atoms with Crippen molar-refractivity contribution < 1.29 is 13.3 Å². The highest BCUT2D eigenvalue weighted by Crippen LogP contribution is 2.29. The zero-order chi connectivity index (χ0) is 20.1. The van der Waals surface area contributed by atoms with Crippen LogP contribution in [0.3, 0.4) is 0 Å². The lowest BCUT2D eigenvalue weighted by Crippen LogP contribution is -2.33. The Morgan fingerprint density at radius 2 is 1.64 bits per heavy atom. The minimum absolute atomic E-state index is 0.0786. The summed E-state index contributed by atoms with van der Waals surface area (Å²) in [6.45, 7) is 0. The first-order valence-corrected chi connectivity index (χ1v) is 10.1. The van der Waals surface area contributed by atoms with E-state index >= 15 is 0 Å². The molecular formula is C20H19N3O4S. The number of nitro benzene ring substituents is 1. The lowest BCUT2D eigenvalue weighted by molar-refractivity contribution is -0.384. The van der Waals surface area contributed by atoms with Gasteiger partial charge in [-0.15, -0.1) is 0 Å². The largest absolute Gasteiger partial charge is 0.269 e. The molecule has 0 bridgehead atoms. The van der Waals surface area contributed by atoms with Crippen LogP contribution in [0.25, 0.3) is 0 Å². The van der Waals surface area contributed by atoms with Crippen molar-refractivity contribution in [1.29, 1.82) is 0 Å². The Morgan fingerprint density at radius 3 is 2.21 bits per heavy atom. The standard InChI is InChI=1S/C20H19N3O4S/c1-22(28(26,27)15-16-10-12-18(13-11-16)23(24)25)20(17-7-3-2-4-8-17)19-9-5-6-14-21-19/h2-14,20H,15H2,1H3. The molecule has 3 aromatic rings. The van der Waals surface area contributed by atoms with Crippen molar-refractivity contribution in [3.8, 4) is 0 Å². The van der Waals surface area contributed by atoms with Crippen LogP contribution in [0.2, 0.25) is 0 Å². The summed E-state index contributed by atoms with van der Waals surface area (Å²) < 4.78 is 27.4. The summed E-state index contributed by atoms with van der Waals surface area (Å²) in [5.41, 5.74) is 1.81. The van der Waals surface area contributed by atoms with Crippen molar-refractivity contribution in [2.75, 3.05) is 7.05 Å². The number of hydrogen-bond acceptors (Lipinski definition) is 5. The average molecular weight is 397 g/mol. The van der Waals surface area contributed by atoms with Crippen LogP contribution in [0.15, 0.2) is 79.0 Å². The number of rotatable bonds is 7. The van der Waals surface area contributed by atoms with Crippen molar-refractivity contribution in [2.24, 2.45) is 0 Å². The number of aromatic nitrogens is 1. The van der Waals surface area contributed by atoms with E-state index in [2.05, 4.69) is 4.98 Å². The van der Waals surface area contributed by atoms with Gasteiger partial charge in [-0.25, -0.2) is 8.42 Å². The topological polar surface area (TPSA) is 93.4 Å². The highest BCUT2D eigenvalue weighted by atomic mass is 32.2. The number of hydrogen-bond donors (Lipinski definition) is 0. The summed E-state index contributed by atoms with van der Waals surface area (Å²) in [7, 11) is -2.20. The molecule has 2 aromatic carbocycles. The second kappa shape index (κ2) is 8.28. The molecule has 28 heavy (non-hydrogen) atoms. The third kappa shape index (κ3) is 4.41. The Labute approximate surface area is 163 Å². The summed E-state index contributed by atoms with van der Waals surface area (Å²) in [6, 6.07) is 19.6. The second-order valence-electron chi connectivity index (χ2n) is 6.26. The summed E-state index contributed by atoms with van der Waals surface area (Å²) in [5, 5.41) is 10.8. The maximum Gasteiger partial charge on any atom is 0.269 e. The van der Waals surface area contributed by atoms with E-state index < -0.39 is 21.0 Å². The van der Waals surface area contributed by atoms with Crippen molar-refractivity contribution in [3.05, 3.63) is 106 Å². The SMILES string of the molecule is CN(C(c1ccccc1)c1ccccn1)S(=O)(=O)Cc1ccc([N+](=O)[O-])cc1. The predicted molar refractivity (Wildman–Crippen MR) is 106 cm³/mol. The normalized spacial score (nSPS) is 12.6. The van der Waals surface area contributed by atoms with Gasteiger partial charge in [0.05, 0.1) is 22.4 Å². The fourth-order valence-electron chi connectivity index (χ4n) is 2.93. The second-order valence-corrected chi connectivity index (χ2v) is 8.29. The van der Waals surface area contributed by atoms with Gasteiger partial charge in [0.25, 0.3) is 5.69 Å². The summed E-state index contributed by atoms with van der Waals surface area (Å²) in [6.07, 6.45) is 1.63. The molecule has 7 nitrogen and oxygen atoms in total. The Bertz CT molecular complexity index is 1000. The van der Waals surface area contributed by atoms with Crippen LogP contribution in [0.4, 0.5) is 5.69 Å². The van der Waals surface area contributed by atoms with Crippen LogP contribution in [0, 0.1) is 10.1 Å². The lowest BCUT2D eigenvalue weighted by Gasteiger charge is -2.27. The van der Waals surface area contributed by atoms with Gasteiger partial charge in [-0.3, -0.25) is 15.1 Å². The van der Waals surface area contributed by atoms with Gasteiger partial charge in [0.15, 0.2) is 0 Å². The van der Waals surface area contributed by atoms with E-state index in [1.54, 1.807) is 18.3 Å². The molecule has 0 spiro atoms. The van der Waals surface area contributed by atoms with Gasteiger partial charge in [0.2, 0.25) is 10.0 Å². The minimum Gasteiger partial charge on any atom is -0.259 e.